The summed E-state index contributed by atoms with van der Waals surface area (Å²) in [5.74, 6) is 1.49. The number of hydrogen-bond acceptors (Lipinski definition) is 4. The zero-order valence-electron chi connectivity index (χ0n) is 16.8. The average molecular weight is 506 g/mol. The highest BCUT2D eigenvalue weighted by molar-refractivity contribution is 14.0. The van der Waals surface area contributed by atoms with E-state index in [4.69, 9.17) is 4.99 Å². The summed E-state index contributed by atoms with van der Waals surface area (Å²) in [6, 6.07) is 8.26. The zero-order valence-corrected chi connectivity index (χ0v) is 19.1. The van der Waals surface area contributed by atoms with Crippen LogP contribution >= 0.6 is 24.0 Å². The minimum Gasteiger partial charge on any atom is -0.357 e. The number of rotatable bonds is 5. The van der Waals surface area contributed by atoms with E-state index in [1.165, 1.54) is 17.5 Å². The van der Waals surface area contributed by atoms with Crippen LogP contribution in [0.4, 0.5) is 0 Å². The molecule has 1 aliphatic heterocycles. The average Bonchev–Trinajstić information content (AvgIpc) is 3.46. The Labute approximate surface area is 188 Å². The van der Waals surface area contributed by atoms with E-state index in [2.05, 4.69) is 50.7 Å². The van der Waals surface area contributed by atoms with Gasteiger partial charge < -0.3 is 10.2 Å². The predicted molar refractivity (Wildman–Crippen MR) is 124 cm³/mol. The fourth-order valence-corrected chi connectivity index (χ4v) is 3.56. The Morgan fingerprint density at radius 1 is 1.24 bits per heavy atom. The van der Waals surface area contributed by atoms with Gasteiger partial charge >= 0.3 is 0 Å². The van der Waals surface area contributed by atoms with Gasteiger partial charge in [-0.2, -0.15) is 10.2 Å². The van der Waals surface area contributed by atoms with E-state index >= 15 is 0 Å². The van der Waals surface area contributed by atoms with Crippen molar-refractivity contribution < 1.29 is 0 Å². The Morgan fingerprint density at radius 2 is 2.07 bits per heavy atom. The first-order valence-corrected chi connectivity index (χ1v) is 9.68. The Morgan fingerprint density at radius 3 is 2.72 bits per heavy atom. The molecule has 9 heteroatoms. The Balaban J connectivity index is 0.00000240. The van der Waals surface area contributed by atoms with Crippen LogP contribution in [0.15, 0.2) is 54.3 Å². The number of aliphatic imine (C=N–C) groups is 1. The summed E-state index contributed by atoms with van der Waals surface area (Å²) < 4.78 is 3.63. The van der Waals surface area contributed by atoms with Crippen molar-refractivity contribution in [3.63, 3.8) is 0 Å². The molecule has 4 rings (SSSR count). The normalized spacial score (nSPS) is 16.7. The maximum Gasteiger partial charge on any atom is 0.194 e. The first kappa shape index (κ1) is 21.3. The molecule has 2 aromatic heterocycles. The molecule has 0 spiro atoms. The number of nitrogens with zero attached hydrogens (tertiary/aromatic N) is 7. The van der Waals surface area contributed by atoms with E-state index in [1.807, 2.05) is 30.1 Å². The lowest BCUT2D eigenvalue weighted by molar-refractivity contribution is 0.486. The van der Waals surface area contributed by atoms with Crippen LogP contribution in [0.3, 0.4) is 0 Å². The van der Waals surface area contributed by atoms with Crippen molar-refractivity contribution in [2.75, 3.05) is 19.6 Å². The first-order chi connectivity index (χ1) is 13.7. The monoisotopic (exact) mass is 506 g/mol. The number of aromatic nitrogens is 5. The summed E-state index contributed by atoms with van der Waals surface area (Å²) in [5.41, 5.74) is 3.47. The van der Waals surface area contributed by atoms with Gasteiger partial charge in [0.15, 0.2) is 5.96 Å². The molecule has 8 nitrogen and oxygen atoms in total. The third-order valence-electron chi connectivity index (χ3n) is 5.05. The largest absolute Gasteiger partial charge is 0.357 e. The third-order valence-corrected chi connectivity index (χ3v) is 5.05. The number of hydrogen-bond donors (Lipinski definition) is 1. The second kappa shape index (κ2) is 9.86. The number of benzene rings is 1. The molecule has 0 amide bonds. The van der Waals surface area contributed by atoms with Gasteiger partial charge in [0.25, 0.3) is 0 Å². The molecule has 1 aromatic carbocycles. The molecule has 0 radical (unpaired) electrons. The third kappa shape index (κ3) is 5.14. The topological polar surface area (TPSA) is 76.2 Å². The van der Waals surface area contributed by atoms with Gasteiger partial charge in [-0.3, -0.25) is 4.68 Å². The molecule has 1 atom stereocenters. The SMILES string of the molecule is CCNC(=NCc1ccc(-n2cncn2)cc1)N1CCC(c2cnn(C)c2)C1.I. The minimum absolute atomic E-state index is 0. The summed E-state index contributed by atoms with van der Waals surface area (Å²) in [7, 11) is 1.97. The van der Waals surface area contributed by atoms with Crippen molar-refractivity contribution in [3.05, 3.63) is 60.4 Å². The highest BCUT2D eigenvalue weighted by Crippen LogP contribution is 2.26. The maximum atomic E-state index is 4.87. The lowest BCUT2D eigenvalue weighted by Gasteiger charge is -2.21. The standard InChI is InChI=1S/C20H26N8.HI/c1-3-22-20(27-9-8-17(13-27)18-11-24-26(2)12-18)23-10-16-4-6-19(7-5-16)28-15-21-14-25-28;/h4-7,11-12,14-15,17H,3,8-10,13H2,1-2H3,(H,22,23);1H. The summed E-state index contributed by atoms with van der Waals surface area (Å²) in [6.45, 7) is 5.60. The van der Waals surface area contributed by atoms with Crippen LogP contribution in [0, 0.1) is 0 Å². The number of guanidine groups is 1. The summed E-state index contributed by atoms with van der Waals surface area (Å²) in [5, 5.41) is 11.9. The quantitative estimate of drug-likeness (QED) is 0.327. The van der Waals surface area contributed by atoms with Crippen LogP contribution in [-0.4, -0.2) is 55.0 Å². The van der Waals surface area contributed by atoms with Crippen LogP contribution in [0.2, 0.25) is 0 Å². The molecule has 3 heterocycles. The zero-order chi connectivity index (χ0) is 19.3. The minimum atomic E-state index is 0. The van der Waals surface area contributed by atoms with E-state index in [-0.39, 0.29) is 24.0 Å². The van der Waals surface area contributed by atoms with Crippen molar-refractivity contribution in [1.82, 2.24) is 34.8 Å². The molecule has 0 bridgehead atoms. The van der Waals surface area contributed by atoms with E-state index in [9.17, 15) is 0 Å². The summed E-state index contributed by atoms with van der Waals surface area (Å²) in [6.07, 6.45) is 8.46. The van der Waals surface area contributed by atoms with Crippen molar-refractivity contribution in [3.8, 4) is 5.69 Å². The fraction of sp³-hybridized carbons (Fsp3) is 0.400. The van der Waals surface area contributed by atoms with E-state index in [0.717, 1.165) is 37.7 Å². The number of nitrogens with one attached hydrogen (secondary N) is 1. The smallest absolute Gasteiger partial charge is 0.194 e. The van der Waals surface area contributed by atoms with Crippen LogP contribution in [0.5, 0.6) is 0 Å². The molecular formula is C20H27IN8. The molecule has 1 saturated heterocycles. The second-order valence-electron chi connectivity index (χ2n) is 7.06. The van der Waals surface area contributed by atoms with Gasteiger partial charge in [0.1, 0.15) is 12.7 Å². The molecular weight excluding hydrogens is 479 g/mol. The number of halogens is 1. The van der Waals surface area contributed by atoms with Crippen LogP contribution in [-0.2, 0) is 13.6 Å². The molecule has 1 unspecified atom stereocenters. The number of likely N-dealkylation sites (tertiary alicyclic amines) is 1. The molecule has 1 N–H and O–H groups in total. The Bertz CT molecular complexity index is 916. The summed E-state index contributed by atoms with van der Waals surface area (Å²) >= 11 is 0. The lowest BCUT2D eigenvalue weighted by Crippen LogP contribution is -2.40. The van der Waals surface area contributed by atoms with Crippen molar-refractivity contribution in [2.45, 2.75) is 25.8 Å². The van der Waals surface area contributed by atoms with Crippen molar-refractivity contribution >= 4 is 29.9 Å². The van der Waals surface area contributed by atoms with Crippen LogP contribution in [0.1, 0.15) is 30.4 Å². The molecule has 154 valence electrons. The number of aryl methyl sites for hydroxylation is 1. The van der Waals surface area contributed by atoms with Gasteiger partial charge in [0.05, 0.1) is 18.4 Å². The molecule has 0 aliphatic carbocycles. The van der Waals surface area contributed by atoms with E-state index < -0.39 is 0 Å². The van der Waals surface area contributed by atoms with Crippen molar-refractivity contribution in [2.24, 2.45) is 12.0 Å². The predicted octanol–water partition coefficient (Wildman–Crippen LogP) is 2.57. The first-order valence-electron chi connectivity index (χ1n) is 9.68. The lowest BCUT2D eigenvalue weighted by atomic mass is 10.0. The van der Waals surface area contributed by atoms with E-state index in [0.29, 0.717) is 12.5 Å². The molecule has 1 aliphatic rings. The fourth-order valence-electron chi connectivity index (χ4n) is 3.56. The van der Waals surface area contributed by atoms with Gasteiger partial charge in [0.2, 0.25) is 0 Å². The second-order valence-corrected chi connectivity index (χ2v) is 7.06. The Kier molecular flexibility index (Phi) is 7.24. The van der Waals surface area contributed by atoms with Crippen LogP contribution < -0.4 is 5.32 Å². The maximum absolute atomic E-state index is 4.87. The van der Waals surface area contributed by atoms with Gasteiger partial charge in [-0.1, -0.05) is 12.1 Å². The molecule has 1 fully saturated rings. The molecule has 3 aromatic rings. The molecule has 0 saturated carbocycles. The Hall–Kier alpha value is -2.43. The van der Waals surface area contributed by atoms with E-state index in [1.54, 1.807) is 11.0 Å². The van der Waals surface area contributed by atoms with Crippen LogP contribution in [0.25, 0.3) is 5.69 Å². The molecule has 29 heavy (non-hydrogen) atoms. The highest BCUT2D eigenvalue weighted by Gasteiger charge is 2.26. The van der Waals surface area contributed by atoms with Crippen molar-refractivity contribution in [1.29, 1.82) is 0 Å². The van der Waals surface area contributed by atoms with Gasteiger partial charge in [-0.05, 0) is 36.6 Å². The highest BCUT2D eigenvalue weighted by atomic mass is 127. The summed E-state index contributed by atoms with van der Waals surface area (Å²) in [4.78, 5) is 11.2. The van der Waals surface area contributed by atoms with Gasteiger partial charge in [-0.15, -0.1) is 24.0 Å². The van der Waals surface area contributed by atoms with Gasteiger partial charge in [0, 0.05) is 38.8 Å². The van der Waals surface area contributed by atoms with Gasteiger partial charge in [-0.25, -0.2) is 14.7 Å².